The molecule has 0 unspecified atom stereocenters. The summed E-state index contributed by atoms with van der Waals surface area (Å²) in [4.78, 5) is -2.75. The van der Waals surface area contributed by atoms with Gasteiger partial charge in [-0.2, -0.15) is 16.8 Å². The third-order valence-electron chi connectivity index (χ3n) is 3.63. The molecule has 0 amide bonds. The van der Waals surface area contributed by atoms with Crippen LogP contribution < -0.4 is 0 Å². The molecule has 168 valence electrons. The van der Waals surface area contributed by atoms with E-state index in [1.807, 2.05) is 0 Å². The highest BCUT2D eigenvalue weighted by Gasteiger charge is 2.45. The number of hydrogen-bond acceptors (Lipinski definition) is 10. The second kappa shape index (κ2) is 9.60. The first-order valence-corrected chi connectivity index (χ1v) is 15.6. The van der Waals surface area contributed by atoms with Crippen LogP contribution in [0, 0.1) is 0 Å². The first-order chi connectivity index (χ1) is 14.8. The van der Waals surface area contributed by atoms with E-state index in [0.717, 1.165) is 24.3 Å². The summed E-state index contributed by atoms with van der Waals surface area (Å²) in [5.41, 5.74) is -0.917. The van der Waals surface area contributed by atoms with Crippen molar-refractivity contribution in [1.82, 2.24) is 0 Å². The summed E-state index contributed by atoms with van der Waals surface area (Å²) in [5.74, 6) is 0. The van der Waals surface area contributed by atoms with Gasteiger partial charge in [0.1, 0.15) is 9.81 Å². The van der Waals surface area contributed by atoms with E-state index in [9.17, 15) is 33.7 Å². The standard InChI is InChI=1S/C16H10N2O8S6/c19-29(20,31(23,24)17-11-27)15(13-7-3-1-4-8-13)16(14-9-5-2-6-10-14)30(21,22)32(25,26)18-12-28/h1-10H. The molecule has 0 bridgehead atoms. The first kappa shape index (κ1) is 25.8. The Balaban J connectivity index is 3.32. The quantitative estimate of drug-likeness (QED) is 0.206. The van der Waals surface area contributed by atoms with E-state index in [1.165, 1.54) is 46.7 Å². The number of hydrogen-bond donors (Lipinski definition) is 0. The lowest BCUT2D eigenvalue weighted by Crippen LogP contribution is -2.21. The second-order valence-electron chi connectivity index (χ2n) is 5.52. The van der Waals surface area contributed by atoms with Crippen molar-refractivity contribution in [2.75, 3.05) is 0 Å². The van der Waals surface area contributed by atoms with E-state index in [0.29, 0.717) is 0 Å². The second-order valence-corrected chi connectivity index (χ2v) is 15.8. The summed E-state index contributed by atoms with van der Waals surface area (Å²) in [7, 11) is -22.5. The third kappa shape index (κ3) is 4.82. The van der Waals surface area contributed by atoms with E-state index in [2.05, 4.69) is 33.2 Å². The highest BCUT2D eigenvalue weighted by atomic mass is 33.2. The zero-order valence-corrected chi connectivity index (χ0v) is 20.3. The van der Waals surface area contributed by atoms with Crippen LogP contribution in [0.1, 0.15) is 11.1 Å². The minimum absolute atomic E-state index is 0.459. The van der Waals surface area contributed by atoms with Gasteiger partial charge in [0.15, 0.2) is 0 Å². The maximum atomic E-state index is 13.1. The highest BCUT2D eigenvalue weighted by Crippen LogP contribution is 2.39. The number of benzene rings is 2. The van der Waals surface area contributed by atoms with Crippen molar-refractivity contribution in [3.8, 4) is 0 Å². The Morgan fingerprint density at radius 1 is 0.562 bits per heavy atom. The van der Waals surface area contributed by atoms with Gasteiger partial charge in [-0.1, -0.05) is 69.5 Å². The average molecular weight is 551 g/mol. The molecule has 2 aromatic carbocycles. The fourth-order valence-corrected chi connectivity index (χ4v) is 9.70. The summed E-state index contributed by atoms with van der Waals surface area (Å²) >= 11 is 8.35. The highest BCUT2D eigenvalue weighted by molar-refractivity contribution is 8.72. The van der Waals surface area contributed by atoms with Crippen LogP contribution in [0.15, 0.2) is 69.5 Å². The van der Waals surface area contributed by atoms with Gasteiger partial charge < -0.3 is 0 Å². The van der Waals surface area contributed by atoms with Gasteiger partial charge in [0.2, 0.25) is 0 Å². The summed E-state index contributed by atoms with van der Waals surface area (Å²) < 4.78 is 107. The Labute approximate surface area is 193 Å². The molecule has 10 nitrogen and oxygen atoms in total. The first-order valence-electron chi connectivity index (χ1n) is 7.87. The van der Waals surface area contributed by atoms with Gasteiger partial charge in [0.05, 0.1) is 10.3 Å². The molecule has 32 heavy (non-hydrogen) atoms. The van der Waals surface area contributed by atoms with Gasteiger partial charge >= 0.3 is 35.8 Å². The molecule has 0 atom stereocenters. The zero-order chi connectivity index (χ0) is 24.2. The van der Waals surface area contributed by atoms with Crippen molar-refractivity contribution in [3.63, 3.8) is 0 Å². The lowest BCUT2D eigenvalue weighted by molar-refractivity contribution is 0.588. The maximum Gasteiger partial charge on any atom is 0.372 e. The van der Waals surface area contributed by atoms with Crippen molar-refractivity contribution in [3.05, 3.63) is 71.8 Å². The van der Waals surface area contributed by atoms with Crippen molar-refractivity contribution in [2.24, 2.45) is 8.80 Å². The predicted molar refractivity (Wildman–Crippen MR) is 125 cm³/mol. The molecule has 2 rings (SSSR count). The van der Waals surface area contributed by atoms with E-state index >= 15 is 0 Å². The smallest absolute Gasteiger partial charge is 0.205 e. The van der Waals surface area contributed by atoms with E-state index in [4.69, 9.17) is 0 Å². The maximum absolute atomic E-state index is 13.1. The summed E-state index contributed by atoms with van der Waals surface area (Å²) in [5, 5.41) is 2.79. The van der Waals surface area contributed by atoms with Crippen LogP contribution in [0.4, 0.5) is 0 Å². The molecule has 16 heteroatoms. The molecule has 0 aliphatic rings. The Bertz CT molecular complexity index is 1470. The average Bonchev–Trinajstić information content (AvgIpc) is 2.72. The summed E-state index contributed by atoms with van der Waals surface area (Å²) in [6, 6.07) is 12.2. The third-order valence-corrected chi connectivity index (χ3v) is 12.6. The van der Waals surface area contributed by atoms with Crippen LogP contribution in [0.3, 0.4) is 0 Å². The van der Waals surface area contributed by atoms with Gasteiger partial charge in [0.25, 0.3) is 0 Å². The molecule has 0 aliphatic carbocycles. The number of rotatable bonds is 8. The minimum atomic E-state index is -5.70. The Morgan fingerprint density at radius 3 is 1.09 bits per heavy atom. The van der Waals surface area contributed by atoms with Crippen molar-refractivity contribution < 1.29 is 33.7 Å². The number of thiocarbonyl (C=S) groups is 2. The molecule has 0 saturated carbocycles. The molecule has 2 aromatic rings. The van der Waals surface area contributed by atoms with E-state index < -0.39 is 56.8 Å². The summed E-state index contributed by atoms with van der Waals surface area (Å²) in [6.45, 7) is 0. The molecule has 0 fully saturated rings. The minimum Gasteiger partial charge on any atom is -0.205 e. The lowest BCUT2D eigenvalue weighted by atomic mass is 10.1. The van der Waals surface area contributed by atoms with Crippen LogP contribution in [-0.2, 0) is 35.8 Å². The molecule has 0 spiro atoms. The van der Waals surface area contributed by atoms with Crippen LogP contribution in [0.25, 0.3) is 9.81 Å². The Kier molecular flexibility index (Phi) is 7.75. The molecular formula is C16H10N2O8S6. The van der Waals surface area contributed by atoms with Crippen molar-refractivity contribution in [2.45, 2.75) is 0 Å². The Hall–Kier alpha value is -2.42. The Morgan fingerprint density at radius 2 is 0.844 bits per heavy atom. The predicted octanol–water partition coefficient (Wildman–Crippen LogP) is 2.04. The number of isothiocyanates is 2. The fraction of sp³-hybridized carbons (Fsp3) is 0. The zero-order valence-electron chi connectivity index (χ0n) is 15.4. The van der Waals surface area contributed by atoms with E-state index in [1.54, 1.807) is 0 Å². The van der Waals surface area contributed by atoms with E-state index in [-0.39, 0.29) is 0 Å². The molecular weight excluding hydrogens is 541 g/mol. The van der Waals surface area contributed by atoms with Crippen molar-refractivity contribution in [1.29, 1.82) is 0 Å². The topological polar surface area (TPSA) is 161 Å². The van der Waals surface area contributed by atoms with Crippen LogP contribution in [0.2, 0.25) is 0 Å². The fourth-order valence-electron chi connectivity index (χ4n) is 2.36. The molecule has 0 radical (unpaired) electrons. The molecule has 0 aromatic heterocycles. The largest absolute Gasteiger partial charge is 0.372 e. The van der Waals surface area contributed by atoms with Gasteiger partial charge in [-0.25, -0.2) is 16.8 Å². The van der Waals surface area contributed by atoms with Crippen molar-refractivity contribution >= 4 is 80.4 Å². The van der Waals surface area contributed by atoms with Crippen LogP contribution in [-0.4, -0.2) is 44.0 Å². The van der Waals surface area contributed by atoms with Gasteiger partial charge in [-0.15, -0.1) is 0 Å². The molecule has 0 N–H and O–H groups in total. The normalized spacial score (nSPS) is 13.2. The summed E-state index contributed by atoms with van der Waals surface area (Å²) in [6.07, 6.45) is 0. The monoisotopic (exact) mass is 550 g/mol. The van der Waals surface area contributed by atoms with Crippen LogP contribution >= 0.6 is 24.4 Å². The molecule has 0 saturated heterocycles. The lowest BCUT2D eigenvalue weighted by Gasteiger charge is -2.15. The molecule has 0 heterocycles. The van der Waals surface area contributed by atoms with Crippen LogP contribution in [0.5, 0.6) is 0 Å². The van der Waals surface area contributed by atoms with Gasteiger partial charge in [-0.05, 0) is 35.6 Å². The van der Waals surface area contributed by atoms with Gasteiger partial charge in [-0.3, -0.25) is 0 Å². The SMILES string of the molecule is O=S(=O)(N=C=S)S(=O)(=O)C(=C(c1ccccc1)S(=O)(=O)S(=O)(=O)N=C=S)c1ccccc1. The van der Waals surface area contributed by atoms with Gasteiger partial charge in [0, 0.05) is 0 Å². The molecule has 0 aliphatic heterocycles. The number of nitrogens with zero attached hydrogens (tertiary/aromatic N) is 2.